The number of nitrogens with one attached hydrogen (secondary N) is 1. The summed E-state index contributed by atoms with van der Waals surface area (Å²) in [6.07, 6.45) is 0. The van der Waals surface area contributed by atoms with Gasteiger partial charge in [0.05, 0.1) is 0 Å². The first-order chi connectivity index (χ1) is 7.42. The molecule has 0 fully saturated rings. The van der Waals surface area contributed by atoms with Crippen LogP contribution in [0, 0.1) is 0 Å². The van der Waals surface area contributed by atoms with Crippen LogP contribution in [-0.2, 0) is 9.59 Å². The summed E-state index contributed by atoms with van der Waals surface area (Å²) in [5.74, 6) is -1.08. The van der Waals surface area contributed by atoms with Gasteiger partial charge in [0, 0.05) is 20.6 Å². The van der Waals surface area contributed by atoms with E-state index in [9.17, 15) is 14.4 Å². The zero-order chi connectivity index (χ0) is 12.7. The summed E-state index contributed by atoms with van der Waals surface area (Å²) in [6.45, 7) is 1.99. The predicted octanol–water partition coefficient (Wildman–Crippen LogP) is -0.128. The quantitative estimate of drug-likeness (QED) is 0.706. The number of alkyl halides is 1. The molecule has 0 radical (unpaired) electrons. The van der Waals surface area contributed by atoms with Crippen LogP contribution in [0.15, 0.2) is 0 Å². The highest BCUT2D eigenvalue weighted by Gasteiger charge is 2.17. The third-order valence-corrected chi connectivity index (χ3v) is 2.10. The first-order valence-corrected chi connectivity index (χ1v) is 5.30. The van der Waals surface area contributed by atoms with Gasteiger partial charge in [-0.1, -0.05) is 0 Å². The van der Waals surface area contributed by atoms with E-state index in [4.69, 9.17) is 11.6 Å². The minimum Gasteiger partial charge on any atom is -0.347 e. The Morgan fingerprint density at radius 2 is 1.81 bits per heavy atom. The summed E-state index contributed by atoms with van der Waals surface area (Å²) < 4.78 is 0. The SMILES string of the molecule is CCN(CC(=O)N(C)C)C(=O)NC(=O)CCl. The second-order valence-corrected chi connectivity index (χ2v) is 3.56. The van der Waals surface area contributed by atoms with Gasteiger partial charge in [-0.25, -0.2) is 4.79 Å². The Hall–Kier alpha value is -1.30. The van der Waals surface area contributed by atoms with Crippen molar-refractivity contribution < 1.29 is 14.4 Å². The molecule has 7 heteroatoms. The molecule has 0 spiro atoms. The topological polar surface area (TPSA) is 69.7 Å². The molecule has 1 N–H and O–H groups in total. The number of halogens is 1. The summed E-state index contributed by atoms with van der Waals surface area (Å²) in [5.41, 5.74) is 0. The number of hydrogen-bond donors (Lipinski definition) is 1. The lowest BCUT2D eigenvalue weighted by Crippen LogP contribution is -2.47. The fraction of sp³-hybridized carbons (Fsp3) is 0.667. The number of carbonyl (C=O) groups is 3. The van der Waals surface area contributed by atoms with Crippen LogP contribution >= 0.6 is 11.6 Å². The molecule has 0 aliphatic carbocycles. The molecule has 16 heavy (non-hydrogen) atoms. The second-order valence-electron chi connectivity index (χ2n) is 3.29. The fourth-order valence-electron chi connectivity index (χ4n) is 0.864. The van der Waals surface area contributed by atoms with E-state index >= 15 is 0 Å². The number of nitrogens with zero attached hydrogens (tertiary/aromatic N) is 2. The van der Waals surface area contributed by atoms with Crippen molar-refractivity contribution in [1.82, 2.24) is 15.1 Å². The van der Waals surface area contributed by atoms with Crippen LogP contribution in [0.5, 0.6) is 0 Å². The van der Waals surface area contributed by atoms with Crippen LogP contribution in [0.3, 0.4) is 0 Å². The van der Waals surface area contributed by atoms with Crippen molar-refractivity contribution in [3.8, 4) is 0 Å². The van der Waals surface area contributed by atoms with Crippen LogP contribution in [0.25, 0.3) is 0 Å². The number of imide groups is 1. The molecule has 0 aromatic rings. The number of likely N-dealkylation sites (N-methyl/N-ethyl adjacent to an activating group) is 2. The number of rotatable bonds is 4. The third-order valence-electron chi connectivity index (χ3n) is 1.86. The molecule has 0 aliphatic heterocycles. The molecule has 0 atom stereocenters. The minimum atomic E-state index is -0.608. The minimum absolute atomic E-state index is 0.0646. The van der Waals surface area contributed by atoms with E-state index in [0.717, 1.165) is 0 Å². The Balaban J connectivity index is 4.33. The molecule has 0 bridgehead atoms. The van der Waals surface area contributed by atoms with Crippen molar-refractivity contribution in [3.63, 3.8) is 0 Å². The average Bonchev–Trinajstić information content (AvgIpc) is 2.24. The second kappa shape index (κ2) is 7.05. The molecule has 0 saturated carbocycles. The Morgan fingerprint density at radius 3 is 2.19 bits per heavy atom. The van der Waals surface area contributed by atoms with Crippen molar-refractivity contribution >= 4 is 29.4 Å². The van der Waals surface area contributed by atoms with Crippen molar-refractivity contribution in [3.05, 3.63) is 0 Å². The van der Waals surface area contributed by atoms with Crippen LogP contribution in [0.2, 0.25) is 0 Å². The van der Waals surface area contributed by atoms with E-state index in [0.29, 0.717) is 6.54 Å². The zero-order valence-electron chi connectivity index (χ0n) is 9.62. The van der Waals surface area contributed by atoms with Crippen molar-refractivity contribution in [2.24, 2.45) is 0 Å². The van der Waals surface area contributed by atoms with E-state index < -0.39 is 11.9 Å². The fourth-order valence-corrected chi connectivity index (χ4v) is 0.930. The molecule has 0 heterocycles. The molecule has 0 unspecified atom stereocenters. The molecular weight excluding hydrogens is 234 g/mol. The summed E-state index contributed by atoms with van der Waals surface area (Å²) in [7, 11) is 3.19. The summed E-state index contributed by atoms with van der Waals surface area (Å²) in [6, 6.07) is -0.608. The normalized spacial score (nSPS) is 9.50. The highest BCUT2D eigenvalue weighted by molar-refractivity contribution is 6.28. The summed E-state index contributed by atoms with van der Waals surface area (Å²) >= 11 is 5.24. The lowest BCUT2D eigenvalue weighted by molar-refractivity contribution is -0.129. The monoisotopic (exact) mass is 249 g/mol. The van der Waals surface area contributed by atoms with Gasteiger partial charge in [0.1, 0.15) is 12.4 Å². The van der Waals surface area contributed by atoms with Crippen LogP contribution in [0.1, 0.15) is 6.92 Å². The van der Waals surface area contributed by atoms with Crippen LogP contribution in [-0.4, -0.2) is 60.7 Å². The van der Waals surface area contributed by atoms with Gasteiger partial charge < -0.3 is 9.80 Å². The Bertz CT molecular complexity index is 281. The summed E-state index contributed by atoms with van der Waals surface area (Å²) in [5, 5.41) is 2.07. The zero-order valence-corrected chi connectivity index (χ0v) is 10.4. The van der Waals surface area contributed by atoms with Gasteiger partial charge in [0.2, 0.25) is 11.8 Å². The summed E-state index contributed by atoms with van der Waals surface area (Å²) in [4.78, 5) is 36.3. The molecule has 0 aromatic heterocycles. The Morgan fingerprint density at radius 1 is 1.25 bits per heavy atom. The number of amides is 4. The molecular formula is C9H16ClN3O3. The van der Waals surface area contributed by atoms with E-state index in [1.165, 1.54) is 9.80 Å². The largest absolute Gasteiger partial charge is 0.347 e. The van der Waals surface area contributed by atoms with Crippen molar-refractivity contribution in [1.29, 1.82) is 0 Å². The van der Waals surface area contributed by atoms with Gasteiger partial charge in [-0.15, -0.1) is 11.6 Å². The predicted molar refractivity (Wildman–Crippen MR) is 60.2 cm³/mol. The van der Waals surface area contributed by atoms with Gasteiger partial charge in [-0.05, 0) is 6.92 Å². The van der Waals surface area contributed by atoms with E-state index in [1.54, 1.807) is 21.0 Å². The van der Waals surface area contributed by atoms with E-state index in [2.05, 4.69) is 5.32 Å². The molecule has 92 valence electrons. The van der Waals surface area contributed by atoms with E-state index in [1.807, 2.05) is 0 Å². The maximum Gasteiger partial charge on any atom is 0.324 e. The lowest BCUT2D eigenvalue weighted by Gasteiger charge is -2.21. The first kappa shape index (κ1) is 14.7. The lowest BCUT2D eigenvalue weighted by atomic mass is 10.4. The molecule has 0 aromatic carbocycles. The Labute approximate surface area is 99.5 Å². The van der Waals surface area contributed by atoms with Crippen LogP contribution < -0.4 is 5.32 Å². The average molecular weight is 250 g/mol. The number of urea groups is 1. The molecule has 0 saturated heterocycles. The van der Waals surface area contributed by atoms with Gasteiger partial charge in [0.25, 0.3) is 0 Å². The van der Waals surface area contributed by atoms with Gasteiger partial charge in [-0.3, -0.25) is 14.9 Å². The van der Waals surface area contributed by atoms with Crippen molar-refractivity contribution in [2.45, 2.75) is 6.92 Å². The van der Waals surface area contributed by atoms with E-state index in [-0.39, 0.29) is 18.3 Å². The van der Waals surface area contributed by atoms with Gasteiger partial charge in [-0.2, -0.15) is 0 Å². The smallest absolute Gasteiger partial charge is 0.324 e. The Kier molecular flexibility index (Phi) is 6.48. The van der Waals surface area contributed by atoms with Crippen molar-refractivity contribution in [2.75, 3.05) is 33.1 Å². The first-order valence-electron chi connectivity index (χ1n) is 4.77. The van der Waals surface area contributed by atoms with Crippen LogP contribution in [0.4, 0.5) is 4.79 Å². The molecule has 4 amide bonds. The maximum absolute atomic E-state index is 11.5. The standard InChI is InChI=1S/C9H16ClN3O3/c1-4-13(6-8(15)12(2)3)9(16)11-7(14)5-10/h4-6H2,1-3H3,(H,11,14,16). The highest BCUT2D eigenvalue weighted by Crippen LogP contribution is 1.92. The highest BCUT2D eigenvalue weighted by atomic mass is 35.5. The number of hydrogen-bond acceptors (Lipinski definition) is 3. The van der Waals surface area contributed by atoms with Gasteiger partial charge >= 0.3 is 6.03 Å². The third kappa shape index (κ3) is 4.97. The molecule has 0 rings (SSSR count). The maximum atomic E-state index is 11.5. The molecule has 0 aliphatic rings. The van der Waals surface area contributed by atoms with Gasteiger partial charge in [0.15, 0.2) is 0 Å². The number of carbonyl (C=O) groups excluding carboxylic acids is 3. The molecule has 6 nitrogen and oxygen atoms in total.